The number of amides is 1. The zero-order valence-corrected chi connectivity index (χ0v) is 7.96. The molecule has 2 aliphatic carbocycles. The average Bonchev–Trinajstić information content (AvgIpc) is 2.78. The van der Waals surface area contributed by atoms with E-state index in [0.717, 1.165) is 25.3 Å². The number of hydrogen-bond acceptors (Lipinski definition) is 2. The van der Waals surface area contributed by atoms with Crippen molar-refractivity contribution in [1.29, 1.82) is 0 Å². The molecule has 4 N–H and O–H groups in total. The van der Waals surface area contributed by atoms with Gasteiger partial charge in [0.05, 0.1) is 0 Å². The van der Waals surface area contributed by atoms with Gasteiger partial charge in [-0.2, -0.15) is 0 Å². The molecule has 0 aromatic carbocycles. The lowest BCUT2D eigenvalue weighted by atomic mass is 9.59. The highest BCUT2D eigenvalue weighted by Gasteiger charge is 2.47. The van der Waals surface area contributed by atoms with Gasteiger partial charge < -0.3 is 11.5 Å². The second-order valence-corrected chi connectivity index (χ2v) is 4.86. The number of rotatable bonds is 4. The molecule has 0 bridgehead atoms. The van der Waals surface area contributed by atoms with Crippen molar-refractivity contribution in [3.8, 4) is 0 Å². The number of carbonyl (C=O) groups excluding carboxylic acids is 1. The molecule has 1 amide bonds. The van der Waals surface area contributed by atoms with Crippen LogP contribution in [0.1, 0.15) is 32.1 Å². The minimum atomic E-state index is -0.139. The van der Waals surface area contributed by atoms with Crippen LogP contribution in [0.2, 0.25) is 0 Å². The lowest BCUT2D eigenvalue weighted by Gasteiger charge is -2.46. The standard InChI is InChI=1S/C10H18N2O/c11-6-10(3-7-1-2-7)4-8(5-10)9(12)13/h7-8H,1-6,11H2,(H2,12,13). The minimum Gasteiger partial charge on any atom is -0.369 e. The van der Waals surface area contributed by atoms with Gasteiger partial charge >= 0.3 is 0 Å². The first-order chi connectivity index (χ1) is 6.15. The van der Waals surface area contributed by atoms with Crippen molar-refractivity contribution in [3.05, 3.63) is 0 Å². The SMILES string of the molecule is NCC1(CC2CC2)CC(C(N)=O)C1. The first-order valence-electron chi connectivity index (χ1n) is 5.15. The van der Waals surface area contributed by atoms with Crippen LogP contribution in [0.4, 0.5) is 0 Å². The molecular weight excluding hydrogens is 164 g/mol. The van der Waals surface area contributed by atoms with Crippen molar-refractivity contribution in [1.82, 2.24) is 0 Å². The molecule has 2 rings (SSSR count). The third-order valence-corrected chi connectivity index (χ3v) is 3.61. The summed E-state index contributed by atoms with van der Waals surface area (Å²) in [6.07, 6.45) is 5.84. The van der Waals surface area contributed by atoms with E-state index in [2.05, 4.69) is 0 Å². The fourth-order valence-electron chi connectivity index (χ4n) is 2.54. The Morgan fingerprint density at radius 1 is 1.38 bits per heavy atom. The number of primary amides is 1. The number of nitrogens with two attached hydrogens (primary N) is 2. The third kappa shape index (κ3) is 1.70. The molecule has 3 nitrogen and oxygen atoms in total. The molecule has 2 fully saturated rings. The number of hydrogen-bond donors (Lipinski definition) is 2. The molecule has 2 saturated carbocycles. The van der Waals surface area contributed by atoms with E-state index in [1.54, 1.807) is 0 Å². The Labute approximate surface area is 78.9 Å². The highest BCUT2D eigenvalue weighted by Crippen LogP contribution is 2.53. The van der Waals surface area contributed by atoms with E-state index < -0.39 is 0 Å². The quantitative estimate of drug-likeness (QED) is 0.669. The van der Waals surface area contributed by atoms with Crippen LogP contribution in [0.5, 0.6) is 0 Å². The van der Waals surface area contributed by atoms with Gasteiger partial charge in [0, 0.05) is 5.92 Å². The summed E-state index contributed by atoms with van der Waals surface area (Å²) >= 11 is 0. The highest BCUT2D eigenvalue weighted by atomic mass is 16.1. The molecular formula is C10H18N2O. The lowest BCUT2D eigenvalue weighted by Crippen LogP contribution is -2.48. The van der Waals surface area contributed by atoms with Crippen molar-refractivity contribution in [2.45, 2.75) is 32.1 Å². The summed E-state index contributed by atoms with van der Waals surface area (Å²) in [6, 6.07) is 0. The van der Waals surface area contributed by atoms with Gasteiger partial charge in [0.2, 0.25) is 5.91 Å². The van der Waals surface area contributed by atoms with Crippen LogP contribution in [-0.2, 0) is 4.79 Å². The number of carbonyl (C=O) groups is 1. The maximum atomic E-state index is 10.9. The molecule has 0 aromatic heterocycles. The summed E-state index contributed by atoms with van der Waals surface area (Å²) in [4.78, 5) is 10.9. The van der Waals surface area contributed by atoms with Gasteiger partial charge in [-0.25, -0.2) is 0 Å². The Bertz CT molecular complexity index is 217. The van der Waals surface area contributed by atoms with Crippen molar-refractivity contribution in [2.75, 3.05) is 6.54 Å². The van der Waals surface area contributed by atoms with E-state index >= 15 is 0 Å². The second kappa shape index (κ2) is 2.98. The average molecular weight is 182 g/mol. The van der Waals surface area contributed by atoms with Crippen LogP contribution < -0.4 is 11.5 Å². The topological polar surface area (TPSA) is 69.1 Å². The molecule has 0 radical (unpaired) electrons. The Hall–Kier alpha value is -0.570. The van der Waals surface area contributed by atoms with E-state index in [0.29, 0.717) is 0 Å². The van der Waals surface area contributed by atoms with Crippen LogP contribution in [-0.4, -0.2) is 12.5 Å². The van der Waals surface area contributed by atoms with Gasteiger partial charge in [-0.15, -0.1) is 0 Å². The molecule has 0 atom stereocenters. The fourth-order valence-corrected chi connectivity index (χ4v) is 2.54. The van der Waals surface area contributed by atoms with Crippen LogP contribution in [0, 0.1) is 17.3 Å². The van der Waals surface area contributed by atoms with Crippen LogP contribution in [0.15, 0.2) is 0 Å². The largest absolute Gasteiger partial charge is 0.369 e. The Kier molecular flexibility index (Phi) is 2.06. The van der Waals surface area contributed by atoms with Crippen molar-refractivity contribution >= 4 is 5.91 Å². The molecule has 0 spiro atoms. The molecule has 0 saturated heterocycles. The van der Waals surface area contributed by atoms with Crippen LogP contribution in [0.25, 0.3) is 0 Å². The summed E-state index contributed by atoms with van der Waals surface area (Å²) in [5, 5.41) is 0. The summed E-state index contributed by atoms with van der Waals surface area (Å²) in [5.74, 6) is 0.875. The lowest BCUT2D eigenvalue weighted by molar-refractivity contribution is -0.129. The summed E-state index contributed by atoms with van der Waals surface area (Å²) in [5.41, 5.74) is 11.3. The third-order valence-electron chi connectivity index (χ3n) is 3.61. The van der Waals surface area contributed by atoms with Crippen molar-refractivity contribution < 1.29 is 4.79 Å². The van der Waals surface area contributed by atoms with E-state index in [1.165, 1.54) is 19.3 Å². The summed E-state index contributed by atoms with van der Waals surface area (Å²) < 4.78 is 0. The second-order valence-electron chi connectivity index (χ2n) is 4.86. The molecule has 74 valence electrons. The summed E-state index contributed by atoms with van der Waals surface area (Å²) in [7, 11) is 0. The maximum Gasteiger partial charge on any atom is 0.220 e. The maximum absolute atomic E-state index is 10.9. The zero-order chi connectivity index (χ0) is 9.47. The van der Waals surface area contributed by atoms with E-state index in [9.17, 15) is 4.79 Å². The monoisotopic (exact) mass is 182 g/mol. The first-order valence-corrected chi connectivity index (χ1v) is 5.15. The molecule has 3 heteroatoms. The minimum absolute atomic E-state index is 0.113. The normalized spacial score (nSPS) is 38.4. The van der Waals surface area contributed by atoms with Crippen LogP contribution >= 0.6 is 0 Å². The molecule has 0 aliphatic heterocycles. The molecule has 0 unspecified atom stereocenters. The van der Waals surface area contributed by atoms with Gasteiger partial charge in [0.1, 0.15) is 0 Å². The van der Waals surface area contributed by atoms with Gasteiger partial charge in [0.25, 0.3) is 0 Å². The Morgan fingerprint density at radius 3 is 2.38 bits per heavy atom. The highest BCUT2D eigenvalue weighted by molar-refractivity contribution is 5.77. The summed E-state index contributed by atoms with van der Waals surface area (Å²) in [6.45, 7) is 0.729. The zero-order valence-electron chi connectivity index (χ0n) is 7.96. The van der Waals surface area contributed by atoms with Gasteiger partial charge in [0.15, 0.2) is 0 Å². The molecule has 0 heterocycles. The molecule has 0 aromatic rings. The van der Waals surface area contributed by atoms with E-state index in [-0.39, 0.29) is 17.2 Å². The predicted octanol–water partition coefficient (Wildman–Crippen LogP) is 0.627. The van der Waals surface area contributed by atoms with E-state index in [1.807, 2.05) is 0 Å². The van der Waals surface area contributed by atoms with Gasteiger partial charge in [-0.1, -0.05) is 12.8 Å². The van der Waals surface area contributed by atoms with Crippen LogP contribution in [0.3, 0.4) is 0 Å². The molecule has 2 aliphatic rings. The first kappa shape index (κ1) is 9.00. The predicted molar refractivity (Wildman–Crippen MR) is 50.7 cm³/mol. The van der Waals surface area contributed by atoms with E-state index in [4.69, 9.17) is 11.5 Å². The molecule has 13 heavy (non-hydrogen) atoms. The van der Waals surface area contributed by atoms with Crippen molar-refractivity contribution in [2.24, 2.45) is 28.7 Å². The van der Waals surface area contributed by atoms with Gasteiger partial charge in [-0.3, -0.25) is 4.79 Å². The smallest absolute Gasteiger partial charge is 0.220 e. The van der Waals surface area contributed by atoms with Gasteiger partial charge in [-0.05, 0) is 37.1 Å². The van der Waals surface area contributed by atoms with Crippen molar-refractivity contribution in [3.63, 3.8) is 0 Å². The Morgan fingerprint density at radius 2 is 2.00 bits per heavy atom. The fraction of sp³-hybridized carbons (Fsp3) is 0.900. The Balaban J connectivity index is 1.86.